The molecule has 0 saturated carbocycles. The van der Waals surface area contributed by atoms with Gasteiger partial charge in [-0.2, -0.15) is 0 Å². The normalized spacial score (nSPS) is 33.0. The molecule has 0 unspecified atom stereocenters. The summed E-state index contributed by atoms with van der Waals surface area (Å²) in [4.78, 5) is 0. The minimum atomic E-state index is 0.661. The maximum atomic E-state index is 3.94. The van der Waals surface area contributed by atoms with Gasteiger partial charge >= 0.3 is 0 Å². The van der Waals surface area contributed by atoms with Crippen molar-refractivity contribution in [3.8, 4) is 0 Å². The molecule has 7 heavy (non-hydrogen) atoms. The lowest BCUT2D eigenvalue weighted by Crippen LogP contribution is -3.03. The molecule has 1 atom stereocenters. The minimum Gasteiger partial charge on any atom is -0.309 e. The lowest BCUT2D eigenvalue weighted by Gasteiger charge is -2.11. The Hall–Kier alpha value is -0.0800. The zero-order chi connectivity index (χ0) is 5.11. The predicted molar refractivity (Wildman–Crippen MR) is 27.3 cm³/mol. The smallest absolute Gasteiger partial charge is 0.208 e. The summed E-state index contributed by atoms with van der Waals surface area (Å²) in [6, 6.07) is 0. The van der Waals surface area contributed by atoms with Gasteiger partial charge in [0.2, 0.25) is 6.17 Å². The van der Waals surface area contributed by atoms with E-state index in [1.54, 1.807) is 0 Å². The standard InChI is InChI=1S/C5H12N2/c6-5-3-1-2-4-7-5/h5,7H,1-4,6H2/p+2/t5-/m0/s1. The molecule has 42 valence electrons. The van der Waals surface area contributed by atoms with Gasteiger partial charge < -0.3 is 5.73 Å². The second-order valence-electron chi connectivity index (χ2n) is 2.28. The number of nitrogens with two attached hydrogens (primary N) is 1. The predicted octanol–water partition coefficient (Wildman–Crippen LogP) is -1.70. The van der Waals surface area contributed by atoms with Crippen molar-refractivity contribution in [2.24, 2.45) is 0 Å². The lowest BCUT2D eigenvalue weighted by molar-refractivity contribution is -0.819. The highest BCUT2D eigenvalue weighted by Gasteiger charge is 2.11. The Labute approximate surface area is 44.1 Å². The summed E-state index contributed by atoms with van der Waals surface area (Å²) in [5.41, 5.74) is 3.94. The van der Waals surface area contributed by atoms with Crippen LogP contribution >= 0.6 is 0 Å². The molecule has 1 rings (SSSR count). The number of piperidine rings is 1. The van der Waals surface area contributed by atoms with Gasteiger partial charge in [0.05, 0.1) is 13.0 Å². The summed E-state index contributed by atoms with van der Waals surface area (Å²) in [5.74, 6) is 0. The molecule has 0 aliphatic carbocycles. The minimum absolute atomic E-state index is 0.661. The zero-order valence-electron chi connectivity index (χ0n) is 4.69. The van der Waals surface area contributed by atoms with Gasteiger partial charge in [0.15, 0.2) is 0 Å². The molecular weight excluding hydrogens is 88.1 g/mol. The van der Waals surface area contributed by atoms with E-state index in [2.05, 4.69) is 11.1 Å². The number of hydrogen-bond acceptors (Lipinski definition) is 0. The van der Waals surface area contributed by atoms with Crippen LogP contribution in [-0.2, 0) is 0 Å². The Kier molecular flexibility index (Phi) is 1.65. The molecule has 0 bridgehead atoms. The maximum absolute atomic E-state index is 3.94. The lowest BCUT2D eigenvalue weighted by atomic mass is 10.1. The molecule has 0 amide bonds. The van der Waals surface area contributed by atoms with Crippen molar-refractivity contribution in [3.05, 3.63) is 0 Å². The third-order valence-corrected chi connectivity index (χ3v) is 1.53. The first-order chi connectivity index (χ1) is 3.39. The Morgan fingerprint density at radius 2 is 2.29 bits per heavy atom. The summed E-state index contributed by atoms with van der Waals surface area (Å²) in [7, 11) is 0. The van der Waals surface area contributed by atoms with Crippen LogP contribution in [-0.4, -0.2) is 12.7 Å². The second-order valence-corrected chi connectivity index (χ2v) is 2.28. The van der Waals surface area contributed by atoms with Crippen LogP contribution < -0.4 is 11.1 Å². The molecular formula is C5H14N2+2. The van der Waals surface area contributed by atoms with Gasteiger partial charge in [-0.15, -0.1) is 0 Å². The summed E-state index contributed by atoms with van der Waals surface area (Å²) in [6.07, 6.45) is 4.77. The topological polar surface area (TPSA) is 44.2 Å². The summed E-state index contributed by atoms with van der Waals surface area (Å²) in [5, 5.41) is 2.32. The Morgan fingerprint density at radius 1 is 1.43 bits per heavy atom. The fraction of sp³-hybridized carbons (Fsp3) is 1.00. The van der Waals surface area contributed by atoms with Crippen LogP contribution in [0.5, 0.6) is 0 Å². The molecule has 2 heteroatoms. The van der Waals surface area contributed by atoms with E-state index in [4.69, 9.17) is 0 Å². The maximum Gasteiger partial charge on any atom is 0.208 e. The number of rotatable bonds is 0. The molecule has 1 saturated heterocycles. The monoisotopic (exact) mass is 102 g/mol. The van der Waals surface area contributed by atoms with Crippen LogP contribution in [0.15, 0.2) is 0 Å². The molecule has 0 radical (unpaired) electrons. The van der Waals surface area contributed by atoms with Crippen LogP contribution in [0.4, 0.5) is 0 Å². The van der Waals surface area contributed by atoms with E-state index in [9.17, 15) is 0 Å². The average molecular weight is 102 g/mol. The molecule has 1 aliphatic heterocycles. The fourth-order valence-electron chi connectivity index (χ4n) is 1.02. The molecule has 0 aromatic rings. The van der Waals surface area contributed by atoms with Crippen molar-refractivity contribution in [3.63, 3.8) is 0 Å². The highest BCUT2D eigenvalue weighted by molar-refractivity contribution is 4.44. The van der Waals surface area contributed by atoms with Gasteiger partial charge in [0.25, 0.3) is 0 Å². The molecule has 1 heterocycles. The van der Waals surface area contributed by atoms with Crippen LogP contribution in [0.25, 0.3) is 0 Å². The number of hydrogen-bond donors (Lipinski definition) is 2. The van der Waals surface area contributed by atoms with Gasteiger partial charge in [0, 0.05) is 0 Å². The molecule has 0 spiro atoms. The van der Waals surface area contributed by atoms with Gasteiger partial charge in [-0.25, -0.2) is 0 Å². The van der Waals surface area contributed by atoms with Crippen LogP contribution in [0.3, 0.4) is 0 Å². The van der Waals surface area contributed by atoms with Crippen molar-refractivity contribution in [2.45, 2.75) is 25.4 Å². The third kappa shape index (κ3) is 1.45. The van der Waals surface area contributed by atoms with E-state index >= 15 is 0 Å². The molecule has 0 aromatic carbocycles. The Bertz CT molecular complexity index is 48.0. The van der Waals surface area contributed by atoms with Crippen molar-refractivity contribution in [1.82, 2.24) is 0 Å². The van der Waals surface area contributed by atoms with E-state index in [0.717, 1.165) is 0 Å². The van der Waals surface area contributed by atoms with Gasteiger partial charge in [-0.05, 0) is 12.8 Å². The van der Waals surface area contributed by atoms with Crippen molar-refractivity contribution in [2.75, 3.05) is 6.54 Å². The summed E-state index contributed by atoms with van der Waals surface area (Å²) < 4.78 is 0. The van der Waals surface area contributed by atoms with Crippen molar-refractivity contribution < 1.29 is 11.1 Å². The van der Waals surface area contributed by atoms with Crippen molar-refractivity contribution >= 4 is 0 Å². The molecule has 0 aromatic heterocycles. The van der Waals surface area contributed by atoms with Gasteiger partial charge in [-0.1, -0.05) is 0 Å². The summed E-state index contributed by atoms with van der Waals surface area (Å²) >= 11 is 0. The fourth-order valence-corrected chi connectivity index (χ4v) is 1.02. The second kappa shape index (κ2) is 2.28. The van der Waals surface area contributed by atoms with E-state index in [-0.39, 0.29) is 0 Å². The van der Waals surface area contributed by atoms with Crippen LogP contribution in [0.1, 0.15) is 19.3 Å². The highest BCUT2D eigenvalue weighted by atomic mass is 15.0. The largest absolute Gasteiger partial charge is 0.309 e. The first-order valence-electron chi connectivity index (χ1n) is 3.06. The Morgan fingerprint density at radius 3 is 2.57 bits per heavy atom. The molecule has 2 nitrogen and oxygen atoms in total. The molecule has 1 aliphatic rings. The highest BCUT2D eigenvalue weighted by Crippen LogP contribution is 1.94. The first-order valence-corrected chi connectivity index (χ1v) is 3.06. The van der Waals surface area contributed by atoms with Crippen LogP contribution in [0.2, 0.25) is 0 Å². The molecule has 5 N–H and O–H groups in total. The SMILES string of the molecule is [NH3+][C@@H]1CCCC[NH2+]1. The average Bonchev–Trinajstić information content (AvgIpc) is 1.69. The number of quaternary nitrogens is 2. The van der Waals surface area contributed by atoms with E-state index in [1.807, 2.05) is 0 Å². The van der Waals surface area contributed by atoms with Gasteiger partial charge in [0.1, 0.15) is 0 Å². The van der Waals surface area contributed by atoms with Gasteiger partial charge in [-0.3, -0.25) is 5.32 Å². The third-order valence-electron chi connectivity index (χ3n) is 1.53. The van der Waals surface area contributed by atoms with E-state index in [1.165, 1.54) is 25.8 Å². The zero-order valence-corrected chi connectivity index (χ0v) is 4.69. The van der Waals surface area contributed by atoms with Crippen molar-refractivity contribution in [1.29, 1.82) is 0 Å². The summed E-state index contributed by atoms with van der Waals surface area (Å²) in [6.45, 7) is 1.30. The first kappa shape index (κ1) is 5.06. The van der Waals surface area contributed by atoms with E-state index in [0.29, 0.717) is 6.17 Å². The van der Waals surface area contributed by atoms with Crippen LogP contribution in [0, 0.1) is 0 Å². The van der Waals surface area contributed by atoms with E-state index < -0.39 is 0 Å². The molecule has 1 fully saturated rings. The quantitative estimate of drug-likeness (QED) is 0.366. The Balaban J connectivity index is 2.12.